The van der Waals surface area contributed by atoms with Crippen LogP contribution >= 0.6 is 11.8 Å². The zero-order valence-electron chi connectivity index (χ0n) is 15.2. The number of nitrogens with zero attached hydrogens (tertiary/aromatic N) is 2. The fourth-order valence-corrected chi connectivity index (χ4v) is 4.47. The normalized spacial score (nSPS) is 16.4. The summed E-state index contributed by atoms with van der Waals surface area (Å²) in [5.41, 5.74) is 3.20. The Kier molecular flexibility index (Phi) is 4.80. The van der Waals surface area contributed by atoms with Crippen LogP contribution in [-0.4, -0.2) is 31.9 Å². The fourth-order valence-electron chi connectivity index (χ4n) is 3.75. The van der Waals surface area contributed by atoms with Crippen molar-refractivity contribution in [1.29, 1.82) is 0 Å². The highest BCUT2D eigenvalue weighted by molar-refractivity contribution is 7.99. The maximum absolute atomic E-state index is 13.2. The van der Waals surface area contributed by atoms with Gasteiger partial charge in [0.05, 0.1) is 6.04 Å². The predicted molar refractivity (Wildman–Crippen MR) is 109 cm³/mol. The molecule has 0 aliphatic carbocycles. The zero-order chi connectivity index (χ0) is 19.0. The van der Waals surface area contributed by atoms with Gasteiger partial charge >= 0.3 is 0 Å². The lowest BCUT2D eigenvalue weighted by molar-refractivity contribution is 0.411. The molecule has 4 rings (SSSR count). The van der Waals surface area contributed by atoms with Gasteiger partial charge in [-0.05, 0) is 23.8 Å². The van der Waals surface area contributed by atoms with Crippen molar-refractivity contribution >= 4 is 22.7 Å². The van der Waals surface area contributed by atoms with E-state index in [9.17, 15) is 9.90 Å². The number of allylic oxidation sites excluding steroid dienone is 1. The van der Waals surface area contributed by atoms with Crippen molar-refractivity contribution in [2.24, 2.45) is 0 Å². The van der Waals surface area contributed by atoms with Gasteiger partial charge in [0.25, 0.3) is 5.56 Å². The average molecular weight is 382 g/mol. The van der Waals surface area contributed by atoms with Gasteiger partial charge in [-0.2, -0.15) is 4.98 Å². The third kappa shape index (κ3) is 2.96. The second-order valence-corrected chi connectivity index (χ2v) is 7.70. The van der Waals surface area contributed by atoms with Crippen LogP contribution in [-0.2, 0) is 13.0 Å². The smallest absolute Gasteiger partial charge is 0.263 e. The fraction of sp³-hybridized carbons (Fsp3) is 0.300. The lowest BCUT2D eigenvalue weighted by atomic mass is 9.95. The molecule has 3 aromatic rings. The van der Waals surface area contributed by atoms with Crippen LogP contribution in [0.2, 0.25) is 0 Å². The summed E-state index contributed by atoms with van der Waals surface area (Å²) in [6.07, 6.45) is 2.54. The summed E-state index contributed by atoms with van der Waals surface area (Å²) in [7, 11) is 0. The average Bonchev–Trinajstić information content (AvgIpc) is 3.05. The maximum Gasteiger partial charge on any atom is 0.263 e. The molecule has 0 spiro atoms. The molecule has 6 nitrogen and oxygen atoms in total. The molecule has 1 aromatic carbocycles. The highest BCUT2D eigenvalue weighted by Crippen LogP contribution is 2.35. The largest absolute Gasteiger partial charge is 0.493 e. The SMILES string of the molecule is C=CCn1c(SCC)nc(O)c(C2NCCc3c2[nH]c2ccccc32)c1=O. The summed E-state index contributed by atoms with van der Waals surface area (Å²) in [6.45, 7) is 6.81. The molecule has 0 amide bonds. The van der Waals surface area contributed by atoms with Crippen molar-refractivity contribution in [3.8, 4) is 5.88 Å². The van der Waals surface area contributed by atoms with Crippen LogP contribution in [0.5, 0.6) is 5.88 Å². The zero-order valence-corrected chi connectivity index (χ0v) is 16.0. The highest BCUT2D eigenvalue weighted by Gasteiger charge is 2.31. The van der Waals surface area contributed by atoms with Crippen LogP contribution in [0.4, 0.5) is 0 Å². The van der Waals surface area contributed by atoms with E-state index in [0.29, 0.717) is 11.7 Å². The Balaban J connectivity index is 1.91. The molecule has 0 radical (unpaired) electrons. The number of H-pyrrole nitrogens is 1. The summed E-state index contributed by atoms with van der Waals surface area (Å²) in [6, 6.07) is 7.69. The van der Waals surface area contributed by atoms with Crippen molar-refractivity contribution in [3.63, 3.8) is 0 Å². The Morgan fingerprint density at radius 2 is 2.26 bits per heavy atom. The minimum absolute atomic E-state index is 0.208. The number of hydrogen-bond acceptors (Lipinski definition) is 5. The van der Waals surface area contributed by atoms with Crippen LogP contribution in [0, 0.1) is 0 Å². The molecule has 140 valence electrons. The number of thioether (sulfide) groups is 1. The first kappa shape index (κ1) is 17.9. The number of aromatic nitrogens is 3. The summed E-state index contributed by atoms with van der Waals surface area (Å²) in [5, 5.41) is 15.7. The molecule has 2 aromatic heterocycles. The number of aromatic hydroxyl groups is 1. The predicted octanol–water partition coefficient (Wildman–Crippen LogP) is 2.96. The van der Waals surface area contributed by atoms with Crippen LogP contribution < -0.4 is 10.9 Å². The van der Waals surface area contributed by atoms with E-state index in [0.717, 1.165) is 35.3 Å². The monoisotopic (exact) mass is 382 g/mol. The van der Waals surface area contributed by atoms with Gasteiger partial charge in [0.1, 0.15) is 5.56 Å². The van der Waals surface area contributed by atoms with Crippen molar-refractivity contribution in [2.45, 2.75) is 31.1 Å². The third-order valence-corrected chi connectivity index (χ3v) is 5.74. The summed E-state index contributed by atoms with van der Waals surface area (Å²) < 4.78 is 1.58. The number of benzene rings is 1. The van der Waals surface area contributed by atoms with E-state index in [1.54, 1.807) is 10.6 Å². The van der Waals surface area contributed by atoms with E-state index in [1.807, 2.05) is 25.1 Å². The second-order valence-electron chi connectivity index (χ2n) is 6.47. The summed E-state index contributed by atoms with van der Waals surface area (Å²) in [4.78, 5) is 21.0. The molecule has 1 aliphatic rings. The topological polar surface area (TPSA) is 82.9 Å². The van der Waals surface area contributed by atoms with Crippen molar-refractivity contribution in [1.82, 2.24) is 19.9 Å². The van der Waals surface area contributed by atoms with Crippen molar-refractivity contribution in [3.05, 3.63) is 64.1 Å². The van der Waals surface area contributed by atoms with Gasteiger partial charge in [-0.1, -0.05) is 43.0 Å². The maximum atomic E-state index is 13.2. The number of rotatable bonds is 5. The Morgan fingerprint density at radius 3 is 3.04 bits per heavy atom. The molecule has 3 heterocycles. The molecule has 0 saturated carbocycles. The number of nitrogens with one attached hydrogen (secondary N) is 2. The van der Waals surface area contributed by atoms with Crippen LogP contribution in [0.3, 0.4) is 0 Å². The Bertz CT molecular complexity index is 1070. The van der Waals surface area contributed by atoms with Gasteiger partial charge in [0, 0.05) is 29.7 Å². The van der Waals surface area contributed by atoms with Gasteiger partial charge in [-0.15, -0.1) is 6.58 Å². The first-order valence-electron chi connectivity index (χ1n) is 9.06. The van der Waals surface area contributed by atoms with Gasteiger partial charge in [-0.3, -0.25) is 9.36 Å². The van der Waals surface area contributed by atoms with E-state index >= 15 is 0 Å². The van der Waals surface area contributed by atoms with Gasteiger partial charge in [0.2, 0.25) is 5.88 Å². The molecule has 0 fully saturated rings. The highest BCUT2D eigenvalue weighted by atomic mass is 32.2. The van der Waals surface area contributed by atoms with Gasteiger partial charge in [0.15, 0.2) is 5.16 Å². The lowest BCUT2D eigenvalue weighted by Crippen LogP contribution is -2.37. The van der Waals surface area contributed by atoms with E-state index in [4.69, 9.17) is 0 Å². The third-order valence-electron chi connectivity index (χ3n) is 4.88. The van der Waals surface area contributed by atoms with Crippen LogP contribution in [0.15, 0.2) is 46.9 Å². The quantitative estimate of drug-likeness (QED) is 0.359. The molecular formula is C20H22N4O2S. The van der Waals surface area contributed by atoms with Gasteiger partial charge in [-0.25, -0.2) is 0 Å². The second kappa shape index (κ2) is 7.25. The van der Waals surface area contributed by atoms with E-state index in [2.05, 4.69) is 27.9 Å². The lowest BCUT2D eigenvalue weighted by Gasteiger charge is -2.25. The molecule has 3 N–H and O–H groups in total. The Morgan fingerprint density at radius 1 is 1.44 bits per heavy atom. The van der Waals surface area contributed by atoms with Gasteiger partial charge < -0.3 is 15.4 Å². The molecule has 7 heteroatoms. The first-order chi connectivity index (χ1) is 13.2. The Labute approximate surface area is 161 Å². The van der Waals surface area contributed by atoms with E-state index in [1.165, 1.54) is 17.3 Å². The van der Waals surface area contributed by atoms with Crippen molar-refractivity contribution < 1.29 is 5.11 Å². The number of para-hydroxylation sites is 1. The standard InChI is InChI=1S/C20H22N4O2S/c1-3-11-24-19(26)15(18(25)23-20(24)27-4-2)17-16-13(9-10-21-17)12-7-5-6-8-14(12)22-16/h3,5-8,17,21-22,25H,1,4,9-11H2,2H3. The minimum atomic E-state index is -0.419. The molecule has 0 saturated heterocycles. The number of aromatic amines is 1. The molecule has 1 atom stereocenters. The first-order valence-corrected chi connectivity index (χ1v) is 10.0. The van der Waals surface area contributed by atoms with E-state index in [-0.39, 0.29) is 17.0 Å². The minimum Gasteiger partial charge on any atom is -0.493 e. The van der Waals surface area contributed by atoms with E-state index < -0.39 is 6.04 Å². The molecule has 1 unspecified atom stereocenters. The molecular weight excluding hydrogens is 360 g/mol. The number of hydrogen-bond donors (Lipinski definition) is 3. The molecule has 1 aliphatic heterocycles. The van der Waals surface area contributed by atoms with Crippen LogP contribution in [0.25, 0.3) is 10.9 Å². The summed E-state index contributed by atoms with van der Waals surface area (Å²) in [5.74, 6) is 0.552. The summed E-state index contributed by atoms with van der Waals surface area (Å²) >= 11 is 1.43. The van der Waals surface area contributed by atoms with Crippen LogP contribution in [0.1, 0.15) is 29.8 Å². The number of fused-ring (bicyclic) bond motifs is 3. The Hall–Kier alpha value is -2.51. The molecule has 0 bridgehead atoms. The van der Waals surface area contributed by atoms with Crippen molar-refractivity contribution in [2.75, 3.05) is 12.3 Å². The molecule has 27 heavy (non-hydrogen) atoms.